The Labute approximate surface area is 207 Å². The van der Waals surface area contributed by atoms with Gasteiger partial charge >= 0.3 is 0 Å². The van der Waals surface area contributed by atoms with Gasteiger partial charge < -0.3 is 10.1 Å². The number of para-hydroxylation sites is 2. The molecule has 7 heteroatoms. The Morgan fingerprint density at radius 2 is 1.71 bits per heavy atom. The summed E-state index contributed by atoms with van der Waals surface area (Å²) in [6.07, 6.45) is 8.60. The van der Waals surface area contributed by atoms with Gasteiger partial charge in [0, 0.05) is 18.3 Å². The smallest absolute Gasteiger partial charge is 0.262 e. The third-order valence-electron chi connectivity index (χ3n) is 6.51. The summed E-state index contributed by atoms with van der Waals surface area (Å²) in [7, 11) is 1.57. The summed E-state index contributed by atoms with van der Waals surface area (Å²) in [5.41, 5.74) is 1.68. The highest BCUT2D eigenvalue weighted by atomic mass is 16.5. The summed E-state index contributed by atoms with van der Waals surface area (Å²) in [6, 6.07) is 16.1. The van der Waals surface area contributed by atoms with Crippen LogP contribution in [0.3, 0.4) is 0 Å². The minimum atomic E-state index is -0.871. The summed E-state index contributed by atoms with van der Waals surface area (Å²) < 4.78 is 7.37. The van der Waals surface area contributed by atoms with Crippen LogP contribution in [0.1, 0.15) is 74.0 Å². The third-order valence-corrected chi connectivity index (χ3v) is 6.51. The van der Waals surface area contributed by atoms with Gasteiger partial charge in [0.05, 0.1) is 24.6 Å². The maximum absolute atomic E-state index is 14.1. The summed E-state index contributed by atoms with van der Waals surface area (Å²) in [6.45, 7) is 4.01. The van der Waals surface area contributed by atoms with Gasteiger partial charge in [0.2, 0.25) is 5.91 Å². The molecule has 4 rings (SSSR count). The zero-order valence-electron chi connectivity index (χ0n) is 20.7. The predicted octanol–water partition coefficient (Wildman–Crippen LogP) is 5.31. The first-order valence-corrected chi connectivity index (χ1v) is 12.4. The second kappa shape index (κ2) is 11.2. The molecule has 1 aromatic heterocycles. The van der Waals surface area contributed by atoms with Crippen molar-refractivity contribution in [1.29, 1.82) is 0 Å². The Balaban J connectivity index is 1.81. The molecule has 0 unspecified atom stereocenters. The number of benzene rings is 2. The predicted molar refractivity (Wildman–Crippen MR) is 137 cm³/mol. The number of carbonyl (C=O) groups excluding carboxylic acids is 2. The fourth-order valence-electron chi connectivity index (χ4n) is 4.64. The van der Waals surface area contributed by atoms with Gasteiger partial charge in [0.25, 0.3) is 5.91 Å². The van der Waals surface area contributed by atoms with Gasteiger partial charge in [-0.05, 0) is 44.4 Å². The number of ether oxygens (including phenoxy) is 1. The van der Waals surface area contributed by atoms with Crippen molar-refractivity contribution in [2.45, 2.75) is 64.1 Å². The Bertz CT molecular complexity index is 1140. The Kier molecular flexibility index (Phi) is 7.85. The fraction of sp³-hybridized carbons (Fsp3) is 0.393. The van der Waals surface area contributed by atoms with Crippen LogP contribution in [0.2, 0.25) is 0 Å². The van der Waals surface area contributed by atoms with Crippen LogP contribution < -0.4 is 15.0 Å². The van der Waals surface area contributed by atoms with Gasteiger partial charge in [-0.3, -0.25) is 19.2 Å². The SMILES string of the molecule is COc1ccccc1N(C(=O)c1cnn(C(C)C)c1)[C@H](C(=O)NC1CCCCC1)c1ccccc1. The number of amides is 2. The molecule has 2 aromatic carbocycles. The lowest BCUT2D eigenvalue weighted by Gasteiger charge is -2.34. The molecule has 0 radical (unpaired) electrons. The second-order valence-corrected chi connectivity index (χ2v) is 9.31. The molecule has 1 saturated carbocycles. The zero-order chi connectivity index (χ0) is 24.8. The normalized spacial score (nSPS) is 15.0. The zero-order valence-corrected chi connectivity index (χ0v) is 20.7. The number of rotatable bonds is 8. The van der Waals surface area contributed by atoms with Gasteiger partial charge in [-0.25, -0.2) is 0 Å². The molecular formula is C28H34N4O3. The van der Waals surface area contributed by atoms with E-state index in [4.69, 9.17) is 4.74 Å². The van der Waals surface area contributed by atoms with Crippen LogP contribution in [0.5, 0.6) is 5.75 Å². The van der Waals surface area contributed by atoms with Crippen LogP contribution in [-0.4, -0.2) is 34.7 Å². The molecule has 0 aliphatic heterocycles. The maximum Gasteiger partial charge on any atom is 0.262 e. The van der Waals surface area contributed by atoms with Gasteiger partial charge in [0.1, 0.15) is 11.8 Å². The number of nitrogens with one attached hydrogen (secondary N) is 1. The molecule has 0 saturated heterocycles. The molecule has 1 aliphatic carbocycles. The second-order valence-electron chi connectivity index (χ2n) is 9.31. The van der Waals surface area contributed by atoms with Crippen molar-refractivity contribution in [2.75, 3.05) is 12.0 Å². The van der Waals surface area contributed by atoms with Crippen LogP contribution in [0.15, 0.2) is 67.0 Å². The van der Waals surface area contributed by atoms with Crippen LogP contribution in [0.4, 0.5) is 5.69 Å². The van der Waals surface area contributed by atoms with Crippen molar-refractivity contribution in [2.24, 2.45) is 0 Å². The highest BCUT2D eigenvalue weighted by molar-refractivity contribution is 6.10. The number of aromatic nitrogens is 2. The van der Waals surface area contributed by atoms with Crippen molar-refractivity contribution >= 4 is 17.5 Å². The van der Waals surface area contributed by atoms with E-state index in [1.165, 1.54) is 6.42 Å². The van der Waals surface area contributed by atoms with Gasteiger partial charge in [-0.1, -0.05) is 61.7 Å². The first-order chi connectivity index (χ1) is 17.0. The van der Waals surface area contributed by atoms with Crippen LogP contribution in [0.25, 0.3) is 0 Å². The minimum absolute atomic E-state index is 0.107. The molecule has 1 atom stereocenters. The van der Waals surface area contributed by atoms with Crippen molar-refractivity contribution in [3.05, 3.63) is 78.1 Å². The number of anilines is 1. The number of nitrogens with zero attached hydrogens (tertiary/aromatic N) is 3. The van der Waals surface area contributed by atoms with Crippen molar-refractivity contribution in [3.63, 3.8) is 0 Å². The lowest BCUT2D eigenvalue weighted by Crippen LogP contribution is -2.47. The number of hydrogen-bond acceptors (Lipinski definition) is 4. The van der Waals surface area contributed by atoms with E-state index in [0.717, 1.165) is 31.2 Å². The van der Waals surface area contributed by atoms with Gasteiger partial charge in [0.15, 0.2) is 0 Å². The van der Waals surface area contributed by atoms with Crippen molar-refractivity contribution in [1.82, 2.24) is 15.1 Å². The molecule has 3 aromatic rings. The summed E-state index contributed by atoms with van der Waals surface area (Å²) in [5, 5.41) is 7.60. The fourth-order valence-corrected chi connectivity index (χ4v) is 4.64. The Morgan fingerprint density at radius 1 is 1.03 bits per heavy atom. The molecular weight excluding hydrogens is 440 g/mol. The van der Waals surface area contributed by atoms with E-state index in [1.54, 1.807) is 35.2 Å². The van der Waals surface area contributed by atoms with Gasteiger partial charge in [-0.2, -0.15) is 5.10 Å². The quantitative estimate of drug-likeness (QED) is 0.480. The van der Waals surface area contributed by atoms with E-state index >= 15 is 0 Å². The first kappa shape index (κ1) is 24.5. The average Bonchev–Trinajstić information content (AvgIpc) is 3.39. The van der Waals surface area contributed by atoms with Crippen LogP contribution in [0, 0.1) is 0 Å². The van der Waals surface area contributed by atoms with Crippen molar-refractivity contribution in [3.8, 4) is 5.75 Å². The standard InChI is InChI=1S/C28H34N4O3/c1-20(2)31-19-22(18-29-31)28(34)32(24-16-10-11-17-25(24)35-3)26(21-12-6-4-7-13-21)27(33)30-23-14-8-5-9-15-23/h4,6-7,10-13,16-20,23,26H,5,8-9,14-15H2,1-3H3,(H,30,33)/t26-/m0/s1. The lowest BCUT2D eigenvalue weighted by molar-refractivity contribution is -0.123. The van der Waals surface area contributed by atoms with Gasteiger partial charge in [-0.15, -0.1) is 0 Å². The van der Waals surface area contributed by atoms with Crippen LogP contribution in [-0.2, 0) is 4.79 Å². The maximum atomic E-state index is 14.1. The lowest BCUT2D eigenvalue weighted by atomic mass is 9.94. The number of hydrogen-bond donors (Lipinski definition) is 1. The summed E-state index contributed by atoms with van der Waals surface area (Å²) >= 11 is 0. The van der Waals surface area contributed by atoms with E-state index in [1.807, 2.05) is 62.4 Å². The molecule has 7 nitrogen and oxygen atoms in total. The van der Waals surface area contributed by atoms with E-state index in [9.17, 15) is 9.59 Å². The third kappa shape index (κ3) is 5.56. The molecule has 0 bridgehead atoms. The number of methoxy groups -OCH3 is 1. The van der Waals surface area contributed by atoms with Crippen LogP contribution >= 0.6 is 0 Å². The summed E-state index contributed by atoms with van der Waals surface area (Å²) in [5.74, 6) is 0.0103. The molecule has 35 heavy (non-hydrogen) atoms. The van der Waals surface area contributed by atoms with E-state index in [2.05, 4.69) is 10.4 Å². The minimum Gasteiger partial charge on any atom is -0.495 e. The molecule has 184 valence electrons. The highest BCUT2D eigenvalue weighted by Crippen LogP contribution is 2.36. The molecule has 1 aliphatic rings. The van der Waals surface area contributed by atoms with E-state index in [-0.39, 0.29) is 23.9 Å². The largest absolute Gasteiger partial charge is 0.495 e. The molecule has 1 fully saturated rings. The highest BCUT2D eigenvalue weighted by Gasteiger charge is 2.36. The average molecular weight is 475 g/mol. The molecule has 2 amide bonds. The number of carbonyl (C=O) groups is 2. The molecule has 1 N–H and O–H groups in total. The van der Waals surface area contributed by atoms with E-state index in [0.29, 0.717) is 17.0 Å². The van der Waals surface area contributed by atoms with E-state index < -0.39 is 6.04 Å². The molecule has 1 heterocycles. The molecule has 0 spiro atoms. The van der Waals surface area contributed by atoms with Crippen molar-refractivity contribution < 1.29 is 14.3 Å². The topological polar surface area (TPSA) is 76.5 Å². The summed E-state index contributed by atoms with van der Waals surface area (Å²) in [4.78, 5) is 29.6. The first-order valence-electron chi connectivity index (χ1n) is 12.4. The monoisotopic (exact) mass is 474 g/mol. The Hall–Kier alpha value is -3.61. The Morgan fingerprint density at radius 3 is 2.37 bits per heavy atom.